The second kappa shape index (κ2) is 4.68. The highest BCUT2D eigenvalue weighted by molar-refractivity contribution is 5.04. The van der Waals surface area contributed by atoms with E-state index >= 15 is 0 Å². The zero-order chi connectivity index (χ0) is 13.4. The topological polar surface area (TPSA) is 54.6 Å². The van der Waals surface area contributed by atoms with Crippen molar-refractivity contribution in [3.05, 3.63) is 24.2 Å². The second-order valence-electron chi connectivity index (χ2n) is 6.16. The van der Waals surface area contributed by atoms with E-state index in [1.807, 2.05) is 0 Å². The Morgan fingerprint density at radius 2 is 2.17 bits per heavy atom. The standard InChI is InChI=1S/C14H23NO3/c1-13(2)8-12(14(3,4)18-13)15-9-10(16)11-6-5-7-17-11/h5-7,10,12,15-16H,8-9H2,1-4H3/t10-,12-/m1/s1. The first-order valence-corrected chi connectivity index (χ1v) is 6.45. The van der Waals surface area contributed by atoms with Gasteiger partial charge in [-0.15, -0.1) is 0 Å². The summed E-state index contributed by atoms with van der Waals surface area (Å²) >= 11 is 0. The molecule has 0 unspecified atom stereocenters. The SMILES string of the molecule is CC1(C)C[C@@H](NC[C@@H](O)c2ccco2)C(C)(C)O1. The van der Waals surface area contributed by atoms with Crippen molar-refractivity contribution in [1.29, 1.82) is 0 Å². The molecule has 1 saturated heterocycles. The second-order valence-corrected chi connectivity index (χ2v) is 6.16. The molecule has 2 atom stereocenters. The third kappa shape index (κ3) is 2.94. The molecule has 2 heterocycles. The van der Waals surface area contributed by atoms with Gasteiger partial charge in [-0.1, -0.05) is 0 Å². The number of rotatable bonds is 4. The van der Waals surface area contributed by atoms with Crippen LogP contribution in [0.15, 0.2) is 22.8 Å². The van der Waals surface area contributed by atoms with Gasteiger partial charge in [-0.05, 0) is 46.2 Å². The molecule has 1 aromatic heterocycles. The van der Waals surface area contributed by atoms with Crippen molar-refractivity contribution >= 4 is 0 Å². The maximum Gasteiger partial charge on any atom is 0.133 e. The van der Waals surface area contributed by atoms with Crippen molar-refractivity contribution < 1.29 is 14.3 Å². The third-order valence-electron chi connectivity index (χ3n) is 3.50. The number of hydrogen-bond acceptors (Lipinski definition) is 4. The van der Waals surface area contributed by atoms with Gasteiger partial charge in [0.2, 0.25) is 0 Å². The van der Waals surface area contributed by atoms with Gasteiger partial charge in [0.05, 0.1) is 17.5 Å². The molecule has 4 nitrogen and oxygen atoms in total. The fraction of sp³-hybridized carbons (Fsp3) is 0.714. The molecule has 2 N–H and O–H groups in total. The van der Waals surface area contributed by atoms with E-state index in [2.05, 4.69) is 33.0 Å². The van der Waals surface area contributed by atoms with E-state index in [1.165, 1.54) is 0 Å². The van der Waals surface area contributed by atoms with Crippen molar-refractivity contribution in [1.82, 2.24) is 5.32 Å². The lowest BCUT2D eigenvalue weighted by Crippen LogP contribution is -2.44. The van der Waals surface area contributed by atoms with Crippen LogP contribution in [0.3, 0.4) is 0 Å². The maximum absolute atomic E-state index is 9.97. The molecule has 1 fully saturated rings. The molecule has 102 valence electrons. The lowest BCUT2D eigenvalue weighted by molar-refractivity contribution is -0.0703. The van der Waals surface area contributed by atoms with E-state index in [-0.39, 0.29) is 17.2 Å². The summed E-state index contributed by atoms with van der Waals surface area (Å²) in [6.45, 7) is 8.83. The summed E-state index contributed by atoms with van der Waals surface area (Å²) in [6, 6.07) is 3.80. The van der Waals surface area contributed by atoms with Crippen molar-refractivity contribution in [3.63, 3.8) is 0 Å². The van der Waals surface area contributed by atoms with Crippen LogP contribution in [0, 0.1) is 0 Å². The smallest absolute Gasteiger partial charge is 0.133 e. The largest absolute Gasteiger partial charge is 0.467 e. The number of aliphatic hydroxyl groups is 1. The molecule has 0 radical (unpaired) electrons. The monoisotopic (exact) mass is 253 g/mol. The van der Waals surface area contributed by atoms with Gasteiger partial charge in [0.1, 0.15) is 11.9 Å². The Morgan fingerprint density at radius 3 is 2.67 bits per heavy atom. The first kappa shape index (κ1) is 13.6. The fourth-order valence-corrected chi connectivity index (χ4v) is 2.72. The van der Waals surface area contributed by atoms with Gasteiger partial charge in [-0.25, -0.2) is 0 Å². The molecule has 18 heavy (non-hydrogen) atoms. The van der Waals surface area contributed by atoms with Gasteiger partial charge in [-0.2, -0.15) is 0 Å². The minimum Gasteiger partial charge on any atom is -0.467 e. The van der Waals surface area contributed by atoms with Gasteiger partial charge >= 0.3 is 0 Å². The van der Waals surface area contributed by atoms with Crippen molar-refractivity contribution in [3.8, 4) is 0 Å². The average molecular weight is 253 g/mol. The van der Waals surface area contributed by atoms with E-state index < -0.39 is 6.10 Å². The Balaban J connectivity index is 1.91. The van der Waals surface area contributed by atoms with E-state index in [1.54, 1.807) is 18.4 Å². The number of ether oxygens (including phenoxy) is 1. The first-order chi connectivity index (χ1) is 8.30. The van der Waals surface area contributed by atoms with Crippen LogP contribution < -0.4 is 5.32 Å². The minimum atomic E-state index is -0.612. The van der Waals surface area contributed by atoms with Crippen LogP contribution in [0.25, 0.3) is 0 Å². The van der Waals surface area contributed by atoms with Crippen molar-refractivity contribution in [2.45, 2.75) is 57.5 Å². The van der Waals surface area contributed by atoms with E-state index in [4.69, 9.17) is 9.15 Å². The maximum atomic E-state index is 9.97. The van der Waals surface area contributed by atoms with Gasteiger partial charge in [-0.3, -0.25) is 0 Å². The average Bonchev–Trinajstić information content (AvgIpc) is 2.80. The number of furan rings is 1. The highest BCUT2D eigenvalue weighted by Gasteiger charge is 2.45. The molecule has 0 bridgehead atoms. The normalized spacial score (nSPS) is 27.3. The van der Waals surface area contributed by atoms with Crippen LogP contribution in [0.4, 0.5) is 0 Å². The molecule has 0 saturated carbocycles. The zero-order valence-corrected chi connectivity index (χ0v) is 11.6. The highest BCUT2D eigenvalue weighted by atomic mass is 16.5. The molecule has 0 aromatic carbocycles. The molecule has 0 spiro atoms. The predicted molar refractivity (Wildman–Crippen MR) is 69.3 cm³/mol. The fourth-order valence-electron chi connectivity index (χ4n) is 2.72. The van der Waals surface area contributed by atoms with Crippen LogP contribution >= 0.6 is 0 Å². The Labute approximate surface area is 108 Å². The van der Waals surface area contributed by atoms with Crippen LogP contribution in [0.2, 0.25) is 0 Å². The quantitative estimate of drug-likeness (QED) is 0.864. The minimum absolute atomic E-state index is 0.114. The Bertz CT molecular complexity index is 384. The Morgan fingerprint density at radius 1 is 1.44 bits per heavy atom. The number of nitrogens with one attached hydrogen (secondary N) is 1. The summed E-state index contributed by atoms with van der Waals surface area (Å²) in [5, 5.41) is 13.4. The number of hydrogen-bond donors (Lipinski definition) is 2. The lowest BCUT2D eigenvalue weighted by Gasteiger charge is -2.28. The molecular weight excluding hydrogens is 230 g/mol. The third-order valence-corrected chi connectivity index (χ3v) is 3.50. The van der Waals surface area contributed by atoms with Crippen molar-refractivity contribution in [2.24, 2.45) is 0 Å². The summed E-state index contributed by atoms with van der Waals surface area (Å²) in [7, 11) is 0. The molecule has 0 amide bonds. The van der Waals surface area contributed by atoms with E-state index in [0.717, 1.165) is 6.42 Å². The van der Waals surface area contributed by atoms with E-state index in [0.29, 0.717) is 12.3 Å². The lowest BCUT2D eigenvalue weighted by atomic mass is 9.94. The van der Waals surface area contributed by atoms with Gasteiger partial charge < -0.3 is 19.6 Å². The predicted octanol–water partition coefficient (Wildman–Crippen LogP) is 2.25. The van der Waals surface area contributed by atoms with Gasteiger partial charge in [0.25, 0.3) is 0 Å². The Kier molecular flexibility index (Phi) is 3.54. The zero-order valence-electron chi connectivity index (χ0n) is 11.6. The summed E-state index contributed by atoms with van der Waals surface area (Å²) in [5.74, 6) is 0.596. The molecule has 2 rings (SSSR count). The first-order valence-electron chi connectivity index (χ1n) is 6.45. The molecule has 1 aliphatic heterocycles. The van der Waals surface area contributed by atoms with Crippen LogP contribution in [0.1, 0.15) is 46.0 Å². The molecule has 0 aliphatic carbocycles. The summed E-state index contributed by atoms with van der Waals surface area (Å²) in [4.78, 5) is 0. The summed E-state index contributed by atoms with van der Waals surface area (Å²) < 4.78 is 11.2. The van der Waals surface area contributed by atoms with Gasteiger partial charge in [0, 0.05) is 12.6 Å². The molecule has 4 heteroatoms. The van der Waals surface area contributed by atoms with Crippen LogP contribution in [-0.4, -0.2) is 28.9 Å². The summed E-state index contributed by atoms with van der Waals surface area (Å²) in [6.07, 6.45) is 1.90. The van der Waals surface area contributed by atoms with E-state index in [9.17, 15) is 5.11 Å². The van der Waals surface area contributed by atoms with Crippen LogP contribution in [0.5, 0.6) is 0 Å². The summed E-state index contributed by atoms with van der Waals surface area (Å²) in [5.41, 5.74) is -0.330. The molecule has 1 aromatic rings. The van der Waals surface area contributed by atoms with Gasteiger partial charge in [0.15, 0.2) is 0 Å². The highest BCUT2D eigenvalue weighted by Crippen LogP contribution is 2.37. The Hall–Kier alpha value is -0.840. The number of aliphatic hydroxyl groups excluding tert-OH is 1. The van der Waals surface area contributed by atoms with Crippen molar-refractivity contribution in [2.75, 3.05) is 6.54 Å². The van der Waals surface area contributed by atoms with Crippen LogP contribution in [-0.2, 0) is 4.74 Å². The molecule has 1 aliphatic rings. The molecular formula is C14H23NO3.